The van der Waals surface area contributed by atoms with E-state index in [-0.39, 0.29) is 30.0 Å². The Morgan fingerprint density at radius 3 is 2.46 bits per heavy atom. The van der Waals surface area contributed by atoms with Crippen molar-refractivity contribution in [3.63, 3.8) is 0 Å². The third-order valence-electron chi connectivity index (χ3n) is 6.18. The molecule has 1 atom stereocenters. The molecule has 1 saturated heterocycles. The fourth-order valence-electron chi connectivity index (χ4n) is 4.57. The Morgan fingerprint density at radius 2 is 1.85 bits per heavy atom. The van der Waals surface area contributed by atoms with E-state index in [1.54, 1.807) is 6.92 Å². The van der Waals surface area contributed by atoms with Crippen LogP contribution >= 0.6 is 0 Å². The summed E-state index contributed by atoms with van der Waals surface area (Å²) in [7, 11) is -3.44. The molecule has 0 radical (unpaired) electrons. The largest absolute Gasteiger partial charge is 0.348 e. The average Bonchev–Trinajstić information content (AvgIpc) is 3.03. The lowest BCUT2D eigenvalue weighted by atomic mass is 9.88. The van der Waals surface area contributed by atoms with Crippen LogP contribution < -0.4 is 10.6 Å². The van der Waals surface area contributed by atoms with Crippen molar-refractivity contribution >= 4 is 21.8 Å². The van der Waals surface area contributed by atoms with E-state index in [1.807, 2.05) is 0 Å². The van der Waals surface area contributed by atoms with Crippen molar-refractivity contribution in [2.75, 3.05) is 18.8 Å². The molecule has 0 aromatic rings. The molecule has 3 aliphatic rings. The normalized spacial score (nSPS) is 27.9. The lowest BCUT2D eigenvalue weighted by Gasteiger charge is -2.32. The van der Waals surface area contributed by atoms with Crippen molar-refractivity contribution in [1.82, 2.24) is 14.9 Å². The van der Waals surface area contributed by atoms with Crippen LogP contribution in [0.3, 0.4) is 0 Å². The maximum Gasteiger partial charge on any atom is 0.244 e. The molecule has 2 N–H and O–H groups in total. The van der Waals surface area contributed by atoms with Gasteiger partial charge in [-0.3, -0.25) is 9.59 Å². The van der Waals surface area contributed by atoms with Crippen LogP contribution in [-0.2, 0) is 19.6 Å². The van der Waals surface area contributed by atoms with E-state index < -0.39 is 21.6 Å². The summed E-state index contributed by atoms with van der Waals surface area (Å²) in [5.41, 5.74) is -0.483. The smallest absolute Gasteiger partial charge is 0.244 e. The lowest BCUT2D eigenvalue weighted by Crippen LogP contribution is -2.54. The lowest BCUT2D eigenvalue weighted by molar-refractivity contribution is -0.132. The van der Waals surface area contributed by atoms with Crippen LogP contribution in [0, 0.1) is 5.92 Å². The van der Waals surface area contributed by atoms with Gasteiger partial charge >= 0.3 is 0 Å². The molecule has 1 spiro atoms. The molecule has 2 aliphatic carbocycles. The monoisotopic (exact) mass is 385 g/mol. The second kappa shape index (κ2) is 7.84. The highest BCUT2D eigenvalue weighted by Crippen LogP contribution is 2.33. The van der Waals surface area contributed by atoms with Gasteiger partial charge in [-0.15, -0.1) is 0 Å². The van der Waals surface area contributed by atoms with E-state index in [0.717, 1.165) is 57.8 Å². The van der Waals surface area contributed by atoms with Crippen LogP contribution in [0.4, 0.5) is 0 Å². The zero-order valence-electron chi connectivity index (χ0n) is 15.6. The van der Waals surface area contributed by atoms with Gasteiger partial charge in [-0.25, -0.2) is 8.42 Å². The zero-order valence-corrected chi connectivity index (χ0v) is 16.4. The Morgan fingerprint density at radius 1 is 1.19 bits per heavy atom. The molecule has 148 valence electrons. The summed E-state index contributed by atoms with van der Waals surface area (Å²) in [6, 6.07) is -0.814. The van der Waals surface area contributed by atoms with Crippen LogP contribution in [0.15, 0.2) is 0 Å². The van der Waals surface area contributed by atoms with E-state index in [2.05, 4.69) is 10.6 Å². The minimum atomic E-state index is -3.44. The van der Waals surface area contributed by atoms with Gasteiger partial charge in [-0.2, -0.15) is 4.31 Å². The first-order chi connectivity index (χ1) is 12.4. The topological polar surface area (TPSA) is 95.6 Å². The van der Waals surface area contributed by atoms with E-state index in [0.29, 0.717) is 6.54 Å². The Labute approximate surface area is 156 Å². The van der Waals surface area contributed by atoms with Crippen molar-refractivity contribution in [3.8, 4) is 0 Å². The van der Waals surface area contributed by atoms with Crippen molar-refractivity contribution in [2.24, 2.45) is 5.92 Å². The number of hydrogen-bond acceptors (Lipinski definition) is 4. The van der Waals surface area contributed by atoms with E-state index in [4.69, 9.17) is 0 Å². The maximum absolute atomic E-state index is 12.8. The van der Waals surface area contributed by atoms with Crippen LogP contribution in [-0.4, -0.2) is 55.0 Å². The van der Waals surface area contributed by atoms with Gasteiger partial charge in [0.15, 0.2) is 0 Å². The Hall–Kier alpha value is -1.15. The Bertz CT molecular complexity index is 637. The molecule has 0 bridgehead atoms. The fourth-order valence-corrected chi connectivity index (χ4v) is 5.76. The van der Waals surface area contributed by atoms with E-state index in [9.17, 15) is 18.0 Å². The number of sulfonamides is 1. The SMILES string of the molecule is CCS(=O)(=O)N1CC(NC(=O)C2CCCCC2)C(=O)NC2(CCCC2)C1. The van der Waals surface area contributed by atoms with E-state index >= 15 is 0 Å². The molecule has 1 unspecified atom stereocenters. The Kier molecular flexibility index (Phi) is 5.91. The average molecular weight is 386 g/mol. The summed E-state index contributed by atoms with van der Waals surface area (Å²) in [5, 5.41) is 5.93. The van der Waals surface area contributed by atoms with Crippen LogP contribution in [0.2, 0.25) is 0 Å². The van der Waals surface area contributed by atoms with Gasteiger partial charge in [0.2, 0.25) is 21.8 Å². The number of hydrogen-bond donors (Lipinski definition) is 2. The van der Waals surface area contributed by atoms with Crippen molar-refractivity contribution < 1.29 is 18.0 Å². The molecule has 26 heavy (non-hydrogen) atoms. The molecule has 1 aliphatic heterocycles. The van der Waals surface area contributed by atoms with Gasteiger partial charge in [0.1, 0.15) is 6.04 Å². The number of nitrogens with one attached hydrogen (secondary N) is 2. The quantitative estimate of drug-likeness (QED) is 0.759. The minimum Gasteiger partial charge on any atom is -0.348 e. The molecule has 2 amide bonds. The Balaban J connectivity index is 1.78. The van der Waals surface area contributed by atoms with Crippen molar-refractivity contribution in [3.05, 3.63) is 0 Å². The third-order valence-corrected chi connectivity index (χ3v) is 7.98. The van der Waals surface area contributed by atoms with Crippen LogP contribution in [0.1, 0.15) is 64.7 Å². The molecule has 0 aromatic carbocycles. The summed E-state index contributed by atoms with van der Waals surface area (Å²) in [4.78, 5) is 25.4. The molecule has 7 nitrogen and oxygen atoms in total. The molecule has 3 fully saturated rings. The molecular formula is C18H31N3O4S. The maximum atomic E-state index is 12.8. The molecular weight excluding hydrogens is 354 g/mol. The second-order valence-electron chi connectivity index (χ2n) is 8.07. The minimum absolute atomic E-state index is 0.000557. The van der Waals surface area contributed by atoms with Gasteiger partial charge in [0.05, 0.1) is 11.3 Å². The first-order valence-electron chi connectivity index (χ1n) is 9.95. The number of nitrogens with zero attached hydrogens (tertiary/aromatic N) is 1. The standard InChI is InChI=1S/C18H31N3O4S/c1-2-26(24,25)21-12-15(19-16(22)14-8-4-3-5-9-14)17(23)20-18(13-21)10-6-7-11-18/h14-15H,2-13H2,1H3,(H,19,22)(H,20,23). The summed E-state index contributed by atoms with van der Waals surface area (Å²) >= 11 is 0. The number of carbonyl (C=O) groups excluding carboxylic acids is 2. The van der Waals surface area contributed by atoms with E-state index in [1.165, 1.54) is 4.31 Å². The van der Waals surface area contributed by atoms with Gasteiger partial charge in [-0.05, 0) is 32.6 Å². The molecule has 3 rings (SSSR count). The van der Waals surface area contributed by atoms with Crippen molar-refractivity contribution in [2.45, 2.75) is 76.3 Å². The highest BCUT2D eigenvalue weighted by molar-refractivity contribution is 7.89. The summed E-state index contributed by atoms with van der Waals surface area (Å²) in [6.07, 6.45) is 8.47. The van der Waals surface area contributed by atoms with Gasteiger partial charge in [0.25, 0.3) is 0 Å². The summed E-state index contributed by atoms with van der Waals surface area (Å²) < 4.78 is 26.5. The number of rotatable bonds is 4. The molecule has 2 saturated carbocycles. The zero-order chi connectivity index (χ0) is 18.8. The molecule has 8 heteroatoms. The van der Waals surface area contributed by atoms with Gasteiger partial charge in [0, 0.05) is 19.0 Å². The second-order valence-corrected chi connectivity index (χ2v) is 10.3. The highest BCUT2D eigenvalue weighted by Gasteiger charge is 2.45. The third kappa shape index (κ3) is 4.22. The number of carbonyl (C=O) groups is 2. The summed E-state index contributed by atoms with van der Waals surface area (Å²) in [6.45, 7) is 1.96. The molecule has 0 aromatic heterocycles. The predicted octanol–water partition coefficient (Wildman–Crippen LogP) is 1.15. The number of amides is 2. The van der Waals surface area contributed by atoms with Crippen LogP contribution in [0.25, 0.3) is 0 Å². The first-order valence-corrected chi connectivity index (χ1v) is 11.6. The molecule has 1 heterocycles. The fraction of sp³-hybridized carbons (Fsp3) is 0.889. The van der Waals surface area contributed by atoms with Crippen molar-refractivity contribution in [1.29, 1.82) is 0 Å². The van der Waals surface area contributed by atoms with Gasteiger partial charge in [-0.1, -0.05) is 32.1 Å². The summed E-state index contributed by atoms with van der Waals surface area (Å²) in [5.74, 6) is -0.414. The van der Waals surface area contributed by atoms with Crippen LogP contribution in [0.5, 0.6) is 0 Å². The predicted molar refractivity (Wildman–Crippen MR) is 98.9 cm³/mol. The first kappa shape index (κ1) is 19.6. The highest BCUT2D eigenvalue weighted by atomic mass is 32.2. The van der Waals surface area contributed by atoms with Gasteiger partial charge < -0.3 is 10.6 Å².